The van der Waals surface area contributed by atoms with E-state index in [4.69, 9.17) is 9.84 Å². The fourth-order valence-electron chi connectivity index (χ4n) is 4.24. The molecule has 4 rings (SSSR count). The Morgan fingerprint density at radius 2 is 1.74 bits per heavy atom. The van der Waals surface area contributed by atoms with Gasteiger partial charge in [0, 0.05) is 23.8 Å². The number of nitrogens with zero attached hydrogens (tertiary/aromatic N) is 1. The lowest BCUT2D eigenvalue weighted by Crippen LogP contribution is -2.39. The van der Waals surface area contributed by atoms with Gasteiger partial charge in [-0.25, -0.2) is 9.78 Å². The summed E-state index contributed by atoms with van der Waals surface area (Å²) >= 11 is 1.30. The molecule has 3 N–H and O–H groups in total. The Hall–Kier alpha value is -3.72. The van der Waals surface area contributed by atoms with Gasteiger partial charge in [0.05, 0.1) is 18.7 Å². The van der Waals surface area contributed by atoms with Crippen LogP contribution in [0, 0.1) is 0 Å². The lowest BCUT2D eigenvalue weighted by Gasteiger charge is -2.18. The minimum Gasteiger partial charge on any atom is -0.481 e. The normalized spacial score (nSPS) is 12.9. The summed E-state index contributed by atoms with van der Waals surface area (Å²) in [4.78, 5) is 39.9. The number of carbonyl (C=O) groups excluding carboxylic acids is 2. The highest BCUT2D eigenvalue weighted by Crippen LogP contribution is 2.44. The third kappa shape index (κ3) is 6.05. The third-order valence-corrected chi connectivity index (χ3v) is 6.86. The molecule has 1 atom stereocenters. The Morgan fingerprint density at radius 3 is 2.37 bits per heavy atom. The first-order valence-corrected chi connectivity index (χ1v) is 12.4. The molecule has 1 aromatic heterocycles. The van der Waals surface area contributed by atoms with Gasteiger partial charge in [0.15, 0.2) is 0 Å². The van der Waals surface area contributed by atoms with Crippen LogP contribution >= 0.6 is 11.3 Å². The molecule has 0 bridgehead atoms. The standard InChI is InChI=1S/C26H27N3O5S/c1-2-16(11-23(30)27-13-24-28-17(15-35-24)12-25(31)32)29-26(33)34-14-22-20-9-5-3-7-18(20)19-8-4-6-10-21(19)22/h3-10,15-16,22H,2,11-14H2,1H3,(H,27,30)(H,29,33)(H,31,32)/t16-/m0/s1. The molecular weight excluding hydrogens is 466 g/mol. The Morgan fingerprint density at radius 1 is 1.09 bits per heavy atom. The molecule has 0 fully saturated rings. The largest absolute Gasteiger partial charge is 0.481 e. The van der Waals surface area contributed by atoms with Gasteiger partial charge in [-0.2, -0.15) is 0 Å². The number of thiazole rings is 1. The van der Waals surface area contributed by atoms with Crippen LogP contribution < -0.4 is 10.6 Å². The number of carbonyl (C=O) groups is 3. The summed E-state index contributed by atoms with van der Waals surface area (Å²) in [5.41, 5.74) is 5.07. The number of hydrogen-bond donors (Lipinski definition) is 3. The number of ether oxygens (including phenoxy) is 1. The summed E-state index contributed by atoms with van der Waals surface area (Å²) in [5, 5.41) is 16.7. The third-order valence-electron chi connectivity index (χ3n) is 5.96. The number of nitrogens with one attached hydrogen (secondary N) is 2. The molecule has 2 aromatic carbocycles. The Kier molecular flexibility index (Phi) is 7.77. The summed E-state index contributed by atoms with van der Waals surface area (Å²) in [6.07, 6.45) is -0.0253. The van der Waals surface area contributed by atoms with Gasteiger partial charge >= 0.3 is 12.1 Å². The topological polar surface area (TPSA) is 118 Å². The molecule has 9 heteroatoms. The van der Waals surface area contributed by atoms with E-state index < -0.39 is 12.1 Å². The Balaban J connectivity index is 1.26. The molecule has 1 aliphatic carbocycles. The molecule has 0 aliphatic heterocycles. The molecular formula is C26H27N3O5S. The number of carboxylic acid groups (broad SMARTS) is 1. The number of benzene rings is 2. The number of carboxylic acids is 1. The molecule has 35 heavy (non-hydrogen) atoms. The van der Waals surface area contributed by atoms with Crippen LogP contribution in [0.5, 0.6) is 0 Å². The quantitative estimate of drug-likeness (QED) is 0.392. The lowest BCUT2D eigenvalue weighted by molar-refractivity contribution is -0.136. The van der Waals surface area contributed by atoms with E-state index in [1.165, 1.54) is 11.3 Å². The van der Waals surface area contributed by atoms with Crippen molar-refractivity contribution in [2.24, 2.45) is 0 Å². The molecule has 2 amide bonds. The molecule has 0 saturated carbocycles. The van der Waals surface area contributed by atoms with Gasteiger partial charge in [0.2, 0.25) is 5.91 Å². The van der Waals surface area contributed by atoms with Crippen molar-refractivity contribution in [3.8, 4) is 11.1 Å². The number of alkyl carbamates (subject to hydrolysis) is 1. The van der Waals surface area contributed by atoms with Crippen LogP contribution in [-0.4, -0.2) is 40.7 Å². The van der Waals surface area contributed by atoms with Gasteiger partial charge in [-0.05, 0) is 28.7 Å². The maximum Gasteiger partial charge on any atom is 0.407 e. The number of hydrogen-bond acceptors (Lipinski definition) is 6. The fraction of sp³-hybridized carbons (Fsp3) is 0.308. The van der Waals surface area contributed by atoms with Gasteiger partial charge in [-0.15, -0.1) is 11.3 Å². The predicted molar refractivity (Wildman–Crippen MR) is 132 cm³/mol. The lowest BCUT2D eigenvalue weighted by atomic mass is 9.98. The number of rotatable bonds is 10. The molecule has 0 spiro atoms. The average molecular weight is 494 g/mol. The van der Waals surface area contributed by atoms with E-state index in [-0.39, 0.29) is 43.9 Å². The molecule has 0 radical (unpaired) electrons. The minimum atomic E-state index is -0.948. The highest BCUT2D eigenvalue weighted by Gasteiger charge is 2.29. The van der Waals surface area contributed by atoms with E-state index in [0.717, 1.165) is 22.3 Å². The van der Waals surface area contributed by atoms with Gasteiger partial charge in [0.25, 0.3) is 0 Å². The van der Waals surface area contributed by atoms with Crippen molar-refractivity contribution in [3.63, 3.8) is 0 Å². The second-order valence-electron chi connectivity index (χ2n) is 8.36. The van der Waals surface area contributed by atoms with E-state index in [2.05, 4.69) is 39.9 Å². The van der Waals surface area contributed by atoms with Crippen molar-refractivity contribution >= 4 is 29.3 Å². The molecule has 1 heterocycles. The van der Waals surface area contributed by atoms with Gasteiger partial charge in [-0.3, -0.25) is 9.59 Å². The minimum absolute atomic E-state index is 0.0270. The maximum absolute atomic E-state index is 12.5. The summed E-state index contributed by atoms with van der Waals surface area (Å²) < 4.78 is 5.58. The predicted octanol–water partition coefficient (Wildman–Crippen LogP) is 4.09. The molecule has 1 aliphatic rings. The number of aliphatic carboxylic acids is 1. The maximum atomic E-state index is 12.5. The molecule has 182 valence electrons. The van der Waals surface area contributed by atoms with Crippen LogP contribution in [-0.2, 0) is 27.3 Å². The average Bonchev–Trinajstić information content (AvgIpc) is 3.42. The van der Waals surface area contributed by atoms with Crippen molar-refractivity contribution in [2.45, 2.75) is 44.7 Å². The summed E-state index contributed by atoms with van der Waals surface area (Å²) in [6.45, 7) is 2.32. The first kappa shape index (κ1) is 24.4. The molecule has 3 aromatic rings. The van der Waals surface area contributed by atoms with Crippen molar-refractivity contribution in [1.82, 2.24) is 15.6 Å². The summed E-state index contributed by atoms with van der Waals surface area (Å²) in [5.74, 6) is -1.21. The molecule has 8 nitrogen and oxygen atoms in total. The van der Waals surface area contributed by atoms with Crippen molar-refractivity contribution in [1.29, 1.82) is 0 Å². The molecule has 0 unspecified atom stereocenters. The van der Waals surface area contributed by atoms with Crippen molar-refractivity contribution in [3.05, 3.63) is 75.7 Å². The zero-order valence-electron chi connectivity index (χ0n) is 19.3. The van der Waals surface area contributed by atoms with Crippen LogP contribution in [0.3, 0.4) is 0 Å². The Labute approximate surface area is 207 Å². The number of fused-ring (bicyclic) bond motifs is 3. The monoisotopic (exact) mass is 493 g/mol. The van der Waals surface area contributed by atoms with Crippen LogP contribution in [0.4, 0.5) is 4.79 Å². The van der Waals surface area contributed by atoms with Crippen molar-refractivity contribution < 1.29 is 24.2 Å². The van der Waals surface area contributed by atoms with Crippen LogP contribution in [0.1, 0.15) is 47.5 Å². The van der Waals surface area contributed by atoms with Gasteiger partial charge in [0.1, 0.15) is 11.6 Å². The SMILES string of the molecule is CC[C@@H](CC(=O)NCc1nc(CC(=O)O)cs1)NC(=O)OCC1c2ccccc2-c2ccccc21. The molecule has 0 saturated heterocycles. The van der Waals surface area contributed by atoms with Gasteiger partial charge in [-0.1, -0.05) is 55.5 Å². The van der Waals surface area contributed by atoms with Crippen LogP contribution in [0.2, 0.25) is 0 Å². The Bertz CT molecular complexity index is 1180. The van der Waals surface area contributed by atoms with E-state index in [9.17, 15) is 14.4 Å². The number of aromatic nitrogens is 1. The first-order valence-electron chi connectivity index (χ1n) is 11.5. The highest BCUT2D eigenvalue weighted by molar-refractivity contribution is 7.09. The fourth-order valence-corrected chi connectivity index (χ4v) is 4.97. The van der Waals surface area contributed by atoms with Crippen LogP contribution in [0.25, 0.3) is 11.1 Å². The van der Waals surface area contributed by atoms with E-state index in [0.29, 0.717) is 17.1 Å². The van der Waals surface area contributed by atoms with E-state index >= 15 is 0 Å². The second kappa shape index (κ2) is 11.1. The highest BCUT2D eigenvalue weighted by atomic mass is 32.1. The smallest absolute Gasteiger partial charge is 0.407 e. The van der Waals surface area contributed by atoms with Gasteiger partial charge < -0.3 is 20.5 Å². The van der Waals surface area contributed by atoms with E-state index in [1.54, 1.807) is 5.38 Å². The zero-order chi connectivity index (χ0) is 24.8. The number of amides is 2. The zero-order valence-corrected chi connectivity index (χ0v) is 20.1. The summed E-state index contributed by atoms with van der Waals surface area (Å²) in [6, 6.07) is 15.9. The van der Waals surface area contributed by atoms with E-state index in [1.807, 2.05) is 31.2 Å². The van der Waals surface area contributed by atoms with Crippen LogP contribution in [0.15, 0.2) is 53.9 Å². The van der Waals surface area contributed by atoms with Crippen molar-refractivity contribution in [2.75, 3.05) is 6.61 Å². The first-order chi connectivity index (χ1) is 16.9. The second-order valence-corrected chi connectivity index (χ2v) is 9.30. The summed E-state index contributed by atoms with van der Waals surface area (Å²) in [7, 11) is 0.